The Morgan fingerprint density at radius 2 is 1.89 bits per heavy atom. The van der Waals surface area contributed by atoms with Gasteiger partial charge in [-0.05, 0) is 80.9 Å². The van der Waals surface area contributed by atoms with E-state index in [1.54, 1.807) is 6.07 Å². The molecule has 0 unspecified atom stereocenters. The zero-order valence-electron chi connectivity index (χ0n) is 21.2. The number of nitrogens with zero attached hydrogens (tertiary/aromatic N) is 2. The average molecular weight is 531 g/mol. The molecule has 10 nitrogen and oxygen atoms in total. The molecule has 37 heavy (non-hydrogen) atoms. The van der Waals surface area contributed by atoms with Crippen molar-refractivity contribution in [3.8, 4) is 5.69 Å². The number of hydrogen-bond acceptors (Lipinski definition) is 7. The van der Waals surface area contributed by atoms with Gasteiger partial charge in [-0.1, -0.05) is 13.8 Å². The number of nitrogens with two attached hydrogens (primary N) is 1. The van der Waals surface area contributed by atoms with Crippen molar-refractivity contribution in [2.24, 2.45) is 17.1 Å². The standard InChI is InChI=1S/C26H34N4O6S/c1-26(2)13-22-24(23(31)14-26)21(11-15-3-4-15)29-30(22)17-7-10-19(25(27)32)20(12-17)28-16-5-8-18(9-6-16)36-37(33,34)35/h7,10,12,15-16,18,28H,3-6,8-9,11,13-14H2,1-2H3,(H2,27,32)(H,33,34,35)/t16-,18-. The Hall–Kier alpha value is -2.76. The normalized spacial score (nSPS) is 23.5. The zero-order chi connectivity index (χ0) is 26.5. The molecule has 2 saturated carbocycles. The summed E-state index contributed by atoms with van der Waals surface area (Å²) in [4.78, 5) is 25.4. The Morgan fingerprint density at radius 3 is 2.51 bits per heavy atom. The van der Waals surface area contributed by atoms with Gasteiger partial charge in [-0.2, -0.15) is 13.5 Å². The average Bonchev–Trinajstić information content (AvgIpc) is 3.53. The van der Waals surface area contributed by atoms with Crippen LogP contribution in [0.15, 0.2) is 18.2 Å². The topological polar surface area (TPSA) is 154 Å². The number of nitrogens with one attached hydrogen (secondary N) is 1. The number of amides is 1. The first kappa shape index (κ1) is 25.9. The van der Waals surface area contributed by atoms with Crippen LogP contribution < -0.4 is 11.1 Å². The lowest BCUT2D eigenvalue weighted by atomic mass is 9.75. The Balaban J connectivity index is 1.45. The van der Waals surface area contributed by atoms with Crippen molar-refractivity contribution in [3.05, 3.63) is 40.7 Å². The molecule has 1 aromatic heterocycles. The smallest absolute Gasteiger partial charge is 0.382 e. The van der Waals surface area contributed by atoms with Gasteiger partial charge in [-0.15, -0.1) is 0 Å². The van der Waals surface area contributed by atoms with Crippen LogP contribution in [0.5, 0.6) is 0 Å². The summed E-state index contributed by atoms with van der Waals surface area (Å²) in [5.74, 6) is 0.166. The van der Waals surface area contributed by atoms with E-state index in [0.717, 1.165) is 35.5 Å². The summed E-state index contributed by atoms with van der Waals surface area (Å²) in [7, 11) is -4.49. The molecule has 0 atom stereocenters. The minimum atomic E-state index is -4.49. The Kier molecular flexibility index (Phi) is 6.66. The van der Waals surface area contributed by atoms with Crippen molar-refractivity contribution in [2.75, 3.05) is 5.32 Å². The first-order chi connectivity index (χ1) is 17.4. The van der Waals surface area contributed by atoms with E-state index in [-0.39, 0.29) is 17.2 Å². The Labute approximate surface area is 216 Å². The van der Waals surface area contributed by atoms with Crippen LogP contribution in [-0.2, 0) is 27.4 Å². The molecule has 11 heteroatoms. The van der Waals surface area contributed by atoms with Crippen LogP contribution in [0.1, 0.15) is 90.9 Å². The fourth-order valence-electron chi connectivity index (χ4n) is 5.67. The van der Waals surface area contributed by atoms with Crippen LogP contribution in [0, 0.1) is 11.3 Å². The third kappa shape index (κ3) is 5.89. The summed E-state index contributed by atoms with van der Waals surface area (Å²) >= 11 is 0. The molecule has 200 valence electrons. The van der Waals surface area contributed by atoms with Gasteiger partial charge in [-0.25, -0.2) is 8.86 Å². The maximum atomic E-state index is 13.2. The van der Waals surface area contributed by atoms with Crippen LogP contribution in [0.25, 0.3) is 5.69 Å². The minimum Gasteiger partial charge on any atom is -0.382 e. The van der Waals surface area contributed by atoms with Gasteiger partial charge in [0.05, 0.1) is 34.3 Å². The van der Waals surface area contributed by atoms with E-state index >= 15 is 0 Å². The van der Waals surface area contributed by atoms with E-state index in [1.807, 2.05) is 16.8 Å². The second-order valence-corrected chi connectivity index (χ2v) is 12.6. The molecule has 0 radical (unpaired) electrons. The molecule has 2 aromatic rings. The van der Waals surface area contributed by atoms with Crippen molar-refractivity contribution in [2.45, 2.75) is 83.8 Å². The number of primary amides is 1. The fraction of sp³-hybridized carbons (Fsp3) is 0.577. The van der Waals surface area contributed by atoms with Crippen LogP contribution >= 0.6 is 0 Å². The first-order valence-corrected chi connectivity index (χ1v) is 14.3. The molecular weight excluding hydrogens is 496 g/mol. The number of fused-ring (bicyclic) bond motifs is 1. The van der Waals surface area contributed by atoms with Gasteiger partial charge in [0.25, 0.3) is 5.91 Å². The zero-order valence-corrected chi connectivity index (χ0v) is 22.0. The number of anilines is 1. The third-order valence-corrected chi connectivity index (χ3v) is 8.12. The van der Waals surface area contributed by atoms with Crippen LogP contribution in [0.3, 0.4) is 0 Å². The fourth-order valence-corrected chi connectivity index (χ4v) is 6.21. The monoisotopic (exact) mass is 530 g/mol. The summed E-state index contributed by atoms with van der Waals surface area (Å²) in [6, 6.07) is 5.30. The predicted octanol–water partition coefficient (Wildman–Crippen LogP) is 3.62. The molecule has 2 fully saturated rings. The van der Waals surface area contributed by atoms with Crippen molar-refractivity contribution in [1.29, 1.82) is 0 Å². The predicted molar refractivity (Wildman–Crippen MR) is 137 cm³/mol. The number of benzene rings is 1. The number of aromatic nitrogens is 2. The number of Topliss-reactive ketones (excluding diaryl/α,β-unsaturated/α-hetero) is 1. The van der Waals surface area contributed by atoms with E-state index in [4.69, 9.17) is 19.6 Å². The van der Waals surface area contributed by atoms with E-state index in [0.29, 0.717) is 49.3 Å². The molecule has 3 aliphatic rings. The highest BCUT2D eigenvalue weighted by Gasteiger charge is 2.38. The third-order valence-electron chi connectivity index (χ3n) is 7.60. The van der Waals surface area contributed by atoms with Crippen molar-refractivity contribution in [1.82, 2.24) is 9.78 Å². The molecule has 0 bridgehead atoms. The van der Waals surface area contributed by atoms with Gasteiger partial charge >= 0.3 is 10.4 Å². The molecule has 0 saturated heterocycles. The summed E-state index contributed by atoms with van der Waals surface area (Å²) in [5.41, 5.74) is 9.70. The number of ketones is 1. The highest BCUT2D eigenvalue weighted by molar-refractivity contribution is 7.80. The van der Waals surface area contributed by atoms with Crippen LogP contribution in [0.4, 0.5) is 5.69 Å². The second-order valence-electron chi connectivity index (χ2n) is 11.5. The number of carbonyl (C=O) groups is 2. The van der Waals surface area contributed by atoms with E-state index in [9.17, 15) is 18.0 Å². The lowest BCUT2D eigenvalue weighted by Crippen LogP contribution is -2.31. The lowest BCUT2D eigenvalue weighted by molar-refractivity contribution is 0.0909. The first-order valence-electron chi connectivity index (χ1n) is 12.9. The lowest BCUT2D eigenvalue weighted by Gasteiger charge is -2.30. The largest absolute Gasteiger partial charge is 0.397 e. The summed E-state index contributed by atoms with van der Waals surface area (Å²) in [6.45, 7) is 4.19. The molecule has 0 aliphatic heterocycles. The van der Waals surface area contributed by atoms with Gasteiger partial charge in [0.2, 0.25) is 0 Å². The van der Waals surface area contributed by atoms with Crippen molar-refractivity contribution < 1.29 is 26.7 Å². The minimum absolute atomic E-state index is 0.0351. The Morgan fingerprint density at radius 1 is 1.19 bits per heavy atom. The summed E-state index contributed by atoms with van der Waals surface area (Å²) < 4.78 is 37.6. The van der Waals surface area contributed by atoms with Gasteiger partial charge in [0, 0.05) is 18.2 Å². The summed E-state index contributed by atoms with van der Waals surface area (Å²) in [5, 5.41) is 8.32. The maximum absolute atomic E-state index is 13.2. The molecule has 1 amide bonds. The van der Waals surface area contributed by atoms with E-state index in [1.165, 1.54) is 12.8 Å². The highest BCUT2D eigenvalue weighted by atomic mass is 32.3. The molecule has 5 rings (SSSR count). The highest BCUT2D eigenvalue weighted by Crippen LogP contribution is 2.40. The molecule has 1 heterocycles. The van der Waals surface area contributed by atoms with E-state index < -0.39 is 22.4 Å². The van der Waals surface area contributed by atoms with Crippen molar-refractivity contribution >= 4 is 27.8 Å². The summed E-state index contributed by atoms with van der Waals surface area (Å²) in [6.07, 6.45) is 5.86. The number of carbonyl (C=O) groups excluding carboxylic acids is 2. The SMILES string of the molecule is CC1(C)CC(=O)c2c(CC3CC3)nn(-c3ccc(C(N)=O)c(N[C@H]4CC[C@H](OS(=O)(=O)O)CC4)c3)c2C1. The molecule has 1 aromatic carbocycles. The quantitative estimate of drug-likeness (QED) is 0.437. The molecule has 4 N–H and O–H groups in total. The van der Waals surface area contributed by atoms with Gasteiger partial charge in [0.1, 0.15) is 0 Å². The molecular formula is C26H34N4O6S. The van der Waals surface area contributed by atoms with Gasteiger partial charge in [-0.3, -0.25) is 14.1 Å². The van der Waals surface area contributed by atoms with Crippen LogP contribution in [-0.4, -0.2) is 46.6 Å². The maximum Gasteiger partial charge on any atom is 0.397 e. The molecule has 0 spiro atoms. The van der Waals surface area contributed by atoms with Crippen molar-refractivity contribution in [3.63, 3.8) is 0 Å². The number of rotatable bonds is 8. The van der Waals surface area contributed by atoms with Crippen LogP contribution in [0.2, 0.25) is 0 Å². The molecule has 3 aliphatic carbocycles. The van der Waals surface area contributed by atoms with Gasteiger partial charge in [0.15, 0.2) is 5.78 Å². The number of hydrogen-bond donors (Lipinski definition) is 3. The van der Waals surface area contributed by atoms with Gasteiger partial charge < -0.3 is 11.1 Å². The van der Waals surface area contributed by atoms with E-state index in [2.05, 4.69) is 19.2 Å². The Bertz CT molecular complexity index is 1340. The second kappa shape index (κ2) is 9.52.